The first-order chi connectivity index (χ1) is 15.1. The summed E-state index contributed by atoms with van der Waals surface area (Å²) < 4.78 is 4.69. The lowest BCUT2D eigenvalue weighted by Crippen LogP contribution is -2.28. The van der Waals surface area contributed by atoms with E-state index in [0.717, 1.165) is 6.42 Å². The van der Waals surface area contributed by atoms with Crippen LogP contribution in [0.2, 0.25) is 0 Å². The Morgan fingerprint density at radius 2 is 1.42 bits per heavy atom. The second-order valence-corrected chi connectivity index (χ2v) is 8.07. The van der Waals surface area contributed by atoms with Crippen molar-refractivity contribution < 1.29 is 19.4 Å². The number of carbonyl (C=O) groups is 2. The van der Waals surface area contributed by atoms with Crippen LogP contribution in [0, 0.1) is 5.92 Å². The Balaban J connectivity index is 1.73. The average Bonchev–Trinajstić information content (AvgIpc) is 3.10. The SMILES string of the molecule is COC(=O)C[C@H](CCCC1(c2ccccc2)c2ccccc2-c2ccccc21)C(=O)O. The smallest absolute Gasteiger partial charge is 0.307 e. The molecule has 158 valence electrons. The molecule has 0 unspecified atom stereocenters. The van der Waals surface area contributed by atoms with Gasteiger partial charge < -0.3 is 9.84 Å². The van der Waals surface area contributed by atoms with Crippen LogP contribution in [0.3, 0.4) is 0 Å². The maximum atomic E-state index is 11.7. The first-order valence-electron chi connectivity index (χ1n) is 10.6. The Morgan fingerprint density at radius 3 is 1.97 bits per heavy atom. The number of ether oxygens (including phenoxy) is 1. The first-order valence-corrected chi connectivity index (χ1v) is 10.6. The van der Waals surface area contributed by atoms with Crippen LogP contribution in [0.4, 0.5) is 0 Å². The molecule has 4 nitrogen and oxygen atoms in total. The highest BCUT2D eigenvalue weighted by atomic mass is 16.5. The van der Waals surface area contributed by atoms with Gasteiger partial charge in [0.25, 0.3) is 0 Å². The Morgan fingerprint density at radius 1 is 0.871 bits per heavy atom. The highest BCUT2D eigenvalue weighted by Crippen LogP contribution is 2.54. The summed E-state index contributed by atoms with van der Waals surface area (Å²) in [6.45, 7) is 0. The van der Waals surface area contributed by atoms with Gasteiger partial charge in [-0.2, -0.15) is 0 Å². The van der Waals surface area contributed by atoms with E-state index in [1.807, 2.05) is 6.07 Å². The number of rotatable bonds is 8. The van der Waals surface area contributed by atoms with Crippen molar-refractivity contribution in [2.24, 2.45) is 5.92 Å². The van der Waals surface area contributed by atoms with E-state index in [1.165, 1.54) is 34.9 Å². The quantitative estimate of drug-likeness (QED) is 0.499. The van der Waals surface area contributed by atoms with Crippen molar-refractivity contribution in [1.29, 1.82) is 0 Å². The molecule has 0 saturated carbocycles. The second-order valence-electron chi connectivity index (χ2n) is 8.07. The summed E-state index contributed by atoms with van der Waals surface area (Å²) in [4.78, 5) is 23.4. The number of hydrogen-bond acceptors (Lipinski definition) is 3. The van der Waals surface area contributed by atoms with Crippen molar-refractivity contribution in [3.63, 3.8) is 0 Å². The molecule has 0 aromatic heterocycles. The van der Waals surface area contributed by atoms with Crippen LogP contribution < -0.4 is 0 Å². The normalized spacial score (nSPS) is 14.4. The summed E-state index contributed by atoms with van der Waals surface area (Å²) in [7, 11) is 1.29. The summed E-state index contributed by atoms with van der Waals surface area (Å²) in [6, 6.07) is 27.4. The van der Waals surface area contributed by atoms with Crippen LogP contribution in [0.25, 0.3) is 11.1 Å². The molecule has 4 rings (SSSR count). The zero-order valence-corrected chi connectivity index (χ0v) is 17.6. The third-order valence-electron chi connectivity index (χ3n) is 6.42. The van der Waals surface area contributed by atoms with E-state index in [9.17, 15) is 14.7 Å². The summed E-state index contributed by atoms with van der Waals surface area (Å²) in [5.74, 6) is -2.18. The van der Waals surface area contributed by atoms with Crippen molar-refractivity contribution in [1.82, 2.24) is 0 Å². The van der Waals surface area contributed by atoms with Crippen LogP contribution in [0.5, 0.6) is 0 Å². The fourth-order valence-electron chi connectivity index (χ4n) is 4.98. The van der Waals surface area contributed by atoms with E-state index in [0.29, 0.717) is 12.8 Å². The monoisotopic (exact) mass is 414 g/mol. The molecular formula is C27H26O4. The van der Waals surface area contributed by atoms with E-state index in [2.05, 4.69) is 72.8 Å². The Labute approximate surface area is 182 Å². The fraction of sp³-hybridized carbons (Fsp3) is 0.259. The van der Waals surface area contributed by atoms with E-state index < -0.39 is 17.9 Å². The van der Waals surface area contributed by atoms with Gasteiger partial charge in [-0.05, 0) is 40.7 Å². The molecule has 3 aromatic carbocycles. The summed E-state index contributed by atoms with van der Waals surface area (Å²) in [6.07, 6.45) is 1.75. The lowest BCUT2D eigenvalue weighted by molar-refractivity contribution is -0.150. The third kappa shape index (κ3) is 3.74. The van der Waals surface area contributed by atoms with Crippen LogP contribution in [-0.2, 0) is 19.7 Å². The van der Waals surface area contributed by atoms with Gasteiger partial charge in [0.05, 0.1) is 19.4 Å². The molecule has 1 N–H and O–H groups in total. The van der Waals surface area contributed by atoms with Crippen molar-refractivity contribution in [2.45, 2.75) is 31.1 Å². The largest absolute Gasteiger partial charge is 0.481 e. The maximum absolute atomic E-state index is 11.7. The van der Waals surface area contributed by atoms with Crippen LogP contribution >= 0.6 is 0 Å². The number of carboxylic acids is 1. The number of carboxylic acid groups (broad SMARTS) is 1. The van der Waals surface area contributed by atoms with Crippen molar-refractivity contribution in [3.8, 4) is 11.1 Å². The summed E-state index contributed by atoms with van der Waals surface area (Å²) in [5, 5.41) is 9.60. The van der Waals surface area contributed by atoms with Crippen molar-refractivity contribution >= 4 is 11.9 Å². The molecule has 0 amide bonds. The number of benzene rings is 3. The first kappa shape index (κ1) is 20.9. The molecule has 3 aromatic rings. The fourth-order valence-corrected chi connectivity index (χ4v) is 4.98. The molecule has 0 fully saturated rings. The van der Waals surface area contributed by atoms with Crippen LogP contribution in [0.15, 0.2) is 78.9 Å². The van der Waals surface area contributed by atoms with Crippen molar-refractivity contribution in [2.75, 3.05) is 7.11 Å². The van der Waals surface area contributed by atoms with Gasteiger partial charge in [0.1, 0.15) is 0 Å². The minimum Gasteiger partial charge on any atom is -0.481 e. The number of hydrogen-bond donors (Lipinski definition) is 1. The van der Waals surface area contributed by atoms with Gasteiger partial charge in [-0.15, -0.1) is 0 Å². The van der Waals surface area contributed by atoms with Crippen molar-refractivity contribution in [3.05, 3.63) is 95.6 Å². The zero-order valence-electron chi connectivity index (χ0n) is 17.6. The molecule has 0 spiro atoms. The molecule has 0 saturated heterocycles. The van der Waals surface area contributed by atoms with Crippen LogP contribution in [0.1, 0.15) is 42.4 Å². The molecule has 0 radical (unpaired) electrons. The summed E-state index contributed by atoms with van der Waals surface area (Å²) >= 11 is 0. The Bertz CT molecular complexity index is 1040. The summed E-state index contributed by atoms with van der Waals surface area (Å²) in [5.41, 5.74) is 5.82. The number of carbonyl (C=O) groups excluding carboxylic acids is 1. The topological polar surface area (TPSA) is 63.6 Å². The lowest BCUT2D eigenvalue weighted by atomic mass is 9.69. The van der Waals surface area contributed by atoms with Gasteiger partial charge in [-0.1, -0.05) is 85.3 Å². The highest BCUT2D eigenvalue weighted by Gasteiger charge is 2.43. The van der Waals surface area contributed by atoms with Gasteiger partial charge in [-0.25, -0.2) is 0 Å². The second kappa shape index (κ2) is 8.76. The molecule has 0 heterocycles. The van der Waals surface area contributed by atoms with E-state index in [4.69, 9.17) is 4.74 Å². The molecule has 1 atom stereocenters. The van der Waals surface area contributed by atoms with Gasteiger partial charge in [0, 0.05) is 5.41 Å². The van der Waals surface area contributed by atoms with Gasteiger partial charge in [0.15, 0.2) is 0 Å². The van der Waals surface area contributed by atoms with E-state index in [1.54, 1.807) is 0 Å². The zero-order chi connectivity index (χ0) is 21.8. The standard InChI is InChI=1S/C27H26O4/c1-31-25(28)18-19(26(29)30)10-9-17-27(20-11-3-2-4-12-20)23-15-7-5-13-21(23)22-14-6-8-16-24(22)27/h2-8,11-16,19H,9-10,17-18H2,1H3,(H,29,30)/t19-/m0/s1. The molecule has 0 bridgehead atoms. The predicted octanol–water partition coefficient (Wildman–Crippen LogP) is 5.44. The highest BCUT2D eigenvalue weighted by molar-refractivity contribution is 5.83. The molecular weight excluding hydrogens is 388 g/mol. The predicted molar refractivity (Wildman–Crippen MR) is 120 cm³/mol. The number of fused-ring (bicyclic) bond motifs is 3. The lowest BCUT2D eigenvalue weighted by Gasteiger charge is -2.33. The number of aliphatic carboxylic acids is 1. The average molecular weight is 415 g/mol. The molecule has 4 heteroatoms. The minimum absolute atomic E-state index is 0.0999. The Hall–Kier alpha value is -3.40. The maximum Gasteiger partial charge on any atom is 0.307 e. The van der Waals surface area contributed by atoms with Gasteiger partial charge >= 0.3 is 11.9 Å². The molecule has 1 aliphatic rings. The molecule has 31 heavy (non-hydrogen) atoms. The number of methoxy groups -OCH3 is 1. The van der Waals surface area contributed by atoms with Gasteiger partial charge in [-0.3, -0.25) is 9.59 Å². The van der Waals surface area contributed by atoms with E-state index in [-0.39, 0.29) is 11.8 Å². The van der Waals surface area contributed by atoms with E-state index >= 15 is 0 Å². The third-order valence-corrected chi connectivity index (χ3v) is 6.42. The molecule has 1 aliphatic carbocycles. The van der Waals surface area contributed by atoms with Crippen LogP contribution in [-0.4, -0.2) is 24.2 Å². The number of esters is 1. The molecule has 0 aliphatic heterocycles. The Kier molecular flexibility index (Phi) is 5.90. The minimum atomic E-state index is -0.952. The van der Waals surface area contributed by atoms with Gasteiger partial charge in [0.2, 0.25) is 0 Å².